The Hall–Kier alpha value is -2.37. The Labute approximate surface area is 158 Å². The quantitative estimate of drug-likeness (QED) is 0.674. The van der Waals surface area contributed by atoms with Crippen molar-refractivity contribution in [2.24, 2.45) is 0 Å². The lowest BCUT2D eigenvalue weighted by atomic mass is 9.98. The molecule has 1 N–H and O–H groups in total. The summed E-state index contributed by atoms with van der Waals surface area (Å²) in [6, 6.07) is 14.3. The average molecular weight is 387 g/mol. The van der Waals surface area contributed by atoms with Crippen LogP contribution in [0, 0.1) is 13.8 Å². The van der Waals surface area contributed by atoms with E-state index in [0.717, 1.165) is 22.3 Å². The molecule has 0 aliphatic carbocycles. The molecule has 0 saturated heterocycles. The lowest BCUT2D eigenvalue weighted by Crippen LogP contribution is -2.15. The van der Waals surface area contributed by atoms with Crippen LogP contribution < -0.4 is 4.72 Å². The number of aromatic nitrogens is 1. The third-order valence-corrected chi connectivity index (χ3v) is 5.61. The number of rotatable bonds is 5. The molecule has 1 aromatic heterocycles. The fourth-order valence-electron chi connectivity index (χ4n) is 2.79. The van der Waals surface area contributed by atoms with Gasteiger partial charge in [0.05, 0.1) is 5.75 Å². The van der Waals surface area contributed by atoms with Gasteiger partial charge in [0.2, 0.25) is 10.0 Å². The van der Waals surface area contributed by atoms with Crippen molar-refractivity contribution in [2.75, 3.05) is 4.72 Å². The zero-order valence-corrected chi connectivity index (χ0v) is 16.1. The van der Waals surface area contributed by atoms with E-state index in [1.807, 2.05) is 38.2 Å². The van der Waals surface area contributed by atoms with Gasteiger partial charge in [0.15, 0.2) is 0 Å². The maximum absolute atomic E-state index is 12.4. The van der Waals surface area contributed by atoms with E-state index in [2.05, 4.69) is 9.71 Å². The first kappa shape index (κ1) is 18.4. The lowest BCUT2D eigenvalue weighted by Gasteiger charge is -2.13. The van der Waals surface area contributed by atoms with E-state index in [1.165, 1.54) is 0 Å². The van der Waals surface area contributed by atoms with Gasteiger partial charge in [-0.3, -0.25) is 9.71 Å². The number of halogens is 1. The second-order valence-electron chi connectivity index (χ2n) is 6.21. The van der Waals surface area contributed by atoms with E-state index < -0.39 is 10.0 Å². The summed E-state index contributed by atoms with van der Waals surface area (Å²) in [6.45, 7) is 3.98. The van der Waals surface area contributed by atoms with E-state index >= 15 is 0 Å². The molecule has 0 radical (unpaired) electrons. The minimum atomic E-state index is -3.51. The van der Waals surface area contributed by atoms with Gasteiger partial charge >= 0.3 is 0 Å². The van der Waals surface area contributed by atoms with Gasteiger partial charge in [0.25, 0.3) is 0 Å². The topological polar surface area (TPSA) is 59.1 Å². The van der Waals surface area contributed by atoms with Crippen molar-refractivity contribution in [1.29, 1.82) is 0 Å². The number of hydrogen-bond donors (Lipinski definition) is 1. The number of nitrogens with zero attached hydrogens (tertiary/aromatic N) is 1. The van der Waals surface area contributed by atoms with Crippen molar-refractivity contribution in [1.82, 2.24) is 4.98 Å². The molecule has 134 valence electrons. The Kier molecular flexibility index (Phi) is 5.30. The number of pyridine rings is 1. The summed E-state index contributed by atoms with van der Waals surface area (Å²) in [7, 11) is -3.51. The lowest BCUT2D eigenvalue weighted by molar-refractivity contribution is 0.600. The molecule has 0 spiro atoms. The summed E-state index contributed by atoms with van der Waals surface area (Å²) < 4.78 is 27.5. The number of aryl methyl sites for hydroxylation is 2. The summed E-state index contributed by atoms with van der Waals surface area (Å²) >= 11 is 5.84. The summed E-state index contributed by atoms with van der Waals surface area (Å²) in [5.74, 6) is -0.104. The fourth-order valence-corrected chi connectivity index (χ4v) is 4.11. The molecule has 1 heterocycles. The molecule has 0 fully saturated rings. The highest BCUT2D eigenvalue weighted by Gasteiger charge is 2.13. The first-order valence-electron chi connectivity index (χ1n) is 8.11. The van der Waals surface area contributed by atoms with Crippen molar-refractivity contribution in [3.8, 4) is 11.1 Å². The van der Waals surface area contributed by atoms with Crippen LogP contribution in [0.5, 0.6) is 0 Å². The van der Waals surface area contributed by atoms with Gasteiger partial charge in [-0.1, -0.05) is 29.8 Å². The zero-order valence-electron chi connectivity index (χ0n) is 14.5. The first-order valence-corrected chi connectivity index (χ1v) is 10.1. The highest BCUT2D eigenvalue weighted by atomic mass is 35.5. The Morgan fingerprint density at radius 2 is 1.69 bits per heavy atom. The van der Waals surface area contributed by atoms with Gasteiger partial charge in [-0.2, -0.15) is 0 Å². The third kappa shape index (κ3) is 4.42. The van der Waals surface area contributed by atoms with Crippen LogP contribution in [0.1, 0.15) is 16.7 Å². The SMILES string of the molecule is Cc1cc(NS(=O)(=O)Cc2ccc(Cl)cc2)ccc1-c1cnccc1C. The highest BCUT2D eigenvalue weighted by Crippen LogP contribution is 2.28. The Balaban J connectivity index is 1.81. The molecule has 0 amide bonds. The van der Waals surface area contributed by atoms with Gasteiger partial charge < -0.3 is 0 Å². The molecule has 0 unspecified atom stereocenters. The van der Waals surface area contributed by atoms with Crippen LogP contribution in [-0.4, -0.2) is 13.4 Å². The van der Waals surface area contributed by atoms with Gasteiger partial charge in [-0.25, -0.2) is 8.42 Å². The Morgan fingerprint density at radius 1 is 0.962 bits per heavy atom. The minimum Gasteiger partial charge on any atom is -0.283 e. The molecule has 3 aromatic rings. The van der Waals surface area contributed by atoms with Crippen LogP contribution in [0.2, 0.25) is 5.02 Å². The molecular formula is C20H19ClN2O2S. The van der Waals surface area contributed by atoms with Gasteiger partial charge in [0, 0.05) is 28.7 Å². The van der Waals surface area contributed by atoms with Crippen LogP contribution in [0.15, 0.2) is 60.9 Å². The molecule has 6 heteroatoms. The standard InChI is InChI=1S/C20H19ClN2O2S/c1-14-9-10-22-12-20(14)19-8-7-18(11-15(19)2)23-26(24,25)13-16-3-5-17(21)6-4-16/h3-12,23H,13H2,1-2H3. The number of hydrogen-bond acceptors (Lipinski definition) is 3. The van der Waals surface area contributed by atoms with Crippen molar-refractivity contribution in [3.63, 3.8) is 0 Å². The van der Waals surface area contributed by atoms with Crippen LogP contribution in [0.3, 0.4) is 0 Å². The molecule has 0 atom stereocenters. The molecule has 3 rings (SSSR count). The van der Waals surface area contributed by atoms with Gasteiger partial charge in [0.1, 0.15) is 0 Å². The maximum Gasteiger partial charge on any atom is 0.236 e. The Bertz CT molecular complexity index is 1030. The van der Waals surface area contributed by atoms with Gasteiger partial charge in [-0.15, -0.1) is 0 Å². The summed E-state index contributed by atoms with van der Waals surface area (Å²) in [4.78, 5) is 4.18. The minimum absolute atomic E-state index is 0.104. The normalized spacial score (nSPS) is 11.3. The van der Waals surface area contributed by atoms with E-state index in [1.54, 1.807) is 36.5 Å². The second-order valence-corrected chi connectivity index (χ2v) is 8.37. The van der Waals surface area contributed by atoms with Crippen LogP contribution in [0.25, 0.3) is 11.1 Å². The zero-order chi connectivity index (χ0) is 18.7. The molecule has 0 bridgehead atoms. The smallest absolute Gasteiger partial charge is 0.236 e. The van der Waals surface area contributed by atoms with E-state index in [4.69, 9.17) is 11.6 Å². The largest absolute Gasteiger partial charge is 0.283 e. The number of benzene rings is 2. The summed E-state index contributed by atoms with van der Waals surface area (Å²) in [5, 5.41) is 0.580. The van der Waals surface area contributed by atoms with Gasteiger partial charge in [-0.05, 0) is 66.4 Å². The molecular weight excluding hydrogens is 368 g/mol. The maximum atomic E-state index is 12.4. The summed E-state index contributed by atoms with van der Waals surface area (Å²) in [6.07, 6.45) is 3.58. The molecule has 26 heavy (non-hydrogen) atoms. The average Bonchev–Trinajstić information content (AvgIpc) is 2.57. The van der Waals surface area contributed by atoms with Crippen molar-refractivity contribution in [2.45, 2.75) is 19.6 Å². The number of sulfonamides is 1. The highest BCUT2D eigenvalue weighted by molar-refractivity contribution is 7.91. The van der Waals surface area contributed by atoms with Crippen LogP contribution in [0.4, 0.5) is 5.69 Å². The monoisotopic (exact) mass is 386 g/mol. The van der Waals surface area contributed by atoms with Crippen molar-refractivity contribution >= 4 is 27.3 Å². The predicted molar refractivity (Wildman–Crippen MR) is 107 cm³/mol. The van der Waals surface area contributed by atoms with E-state index in [-0.39, 0.29) is 5.75 Å². The summed E-state index contributed by atoms with van der Waals surface area (Å²) in [5.41, 5.74) is 5.41. The molecule has 2 aromatic carbocycles. The fraction of sp³-hybridized carbons (Fsp3) is 0.150. The Morgan fingerprint density at radius 3 is 2.35 bits per heavy atom. The molecule has 0 aliphatic heterocycles. The third-order valence-electron chi connectivity index (χ3n) is 4.10. The number of nitrogens with one attached hydrogen (secondary N) is 1. The van der Waals surface area contributed by atoms with Crippen LogP contribution in [-0.2, 0) is 15.8 Å². The van der Waals surface area contributed by atoms with E-state index in [0.29, 0.717) is 16.3 Å². The second kappa shape index (κ2) is 7.48. The van der Waals surface area contributed by atoms with Crippen molar-refractivity contribution < 1.29 is 8.42 Å². The molecule has 4 nitrogen and oxygen atoms in total. The number of anilines is 1. The van der Waals surface area contributed by atoms with Crippen LogP contribution >= 0.6 is 11.6 Å². The van der Waals surface area contributed by atoms with Crippen molar-refractivity contribution in [3.05, 3.63) is 82.6 Å². The molecule has 0 aliphatic rings. The molecule has 0 saturated carbocycles. The van der Waals surface area contributed by atoms with E-state index in [9.17, 15) is 8.42 Å². The predicted octanol–water partition coefficient (Wildman–Crippen LogP) is 4.96. The first-order chi connectivity index (χ1) is 12.3.